The molecule has 2 atom stereocenters. The smallest absolute Gasteiger partial charge is 0.244 e. The summed E-state index contributed by atoms with van der Waals surface area (Å²) in [5.41, 5.74) is 7.23. The Morgan fingerprint density at radius 2 is 2.24 bits per heavy atom. The van der Waals surface area contributed by atoms with Crippen molar-refractivity contribution >= 4 is 17.5 Å². The van der Waals surface area contributed by atoms with Crippen molar-refractivity contribution < 1.29 is 14.3 Å². The Morgan fingerprint density at radius 1 is 1.48 bits per heavy atom. The molecule has 1 heterocycles. The molecule has 6 nitrogen and oxygen atoms in total. The highest BCUT2D eigenvalue weighted by molar-refractivity contribution is 5.90. The van der Waals surface area contributed by atoms with Gasteiger partial charge in [-0.2, -0.15) is 0 Å². The molecule has 0 bridgehead atoms. The normalized spacial score (nSPS) is 19.9. The molecule has 0 aromatic heterocycles. The van der Waals surface area contributed by atoms with Gasteiger partial charge >= 0.3 is 0 Å². The summed E-state index contributed by atoms with van der Waals surface area (Å²) in [7, 11) is 1.56. The molecule has 1 saturated heterocycles. The van der Waals surface area contributed by atoms with Crippen LogP contribution in [0.3, 0.4) is 0 Å². The number of rotatable bonds is 3. The summed E-state index contributed by atoms with van der Waals surface area (Å²) in [6, 6.07) is 6.69. The predicted octanol–water partition coefficient (Wildman–Crippen LogP) is 0.346. The van der Waals surface area contributed by atoms with Crippen LogP contribution in [0.5, 0.6) is 0 Å². The van der Waals surface area contributed by atoms with E-state index in [1.54, 1.807) is 24.1 Å². The molecule has 2 amide bonds. The number of anilines is 1. The number of nitrogens with zero attached hydrogens (tertiary/aromatic N) is 1. The minimum absolute atomic E-state index is 0.0856. The molecule has 0 aliphatic carbocycles. The van der Waals surface area contributed by atoms with E-state index in [2.05, 4.69) is 5.32 Å². The summed E-state index contributed by atoms with van der Waals surface area (Å²) < 4.78 is 5.32. The van der Waals surface area contributed by atoms with E-state index in [4.69, 9.17) is 10.5 Å². The summed E-state index contributed by atoms with van der Waals surface area (Å²) in [6.45, 7) is 2.93. The molecule has 1 aromatic rings. The summed E-state index contributed by atoms with van der Waals surface area (Å²) in [4.78, 5) is 26.2. The lowest BCUT2D eigenvalue weighted by atomic mass is 9.98. The highest BCUT2D eigenvalue weighted by atomic mass is 16.5. The van der Waals surface area contributed by atoms with Gasteiger partial charge < -0.3 is 20.7 Å². The lowest BCUT2D eigenvalue weighted by Crippen LogP contribution is -2.56. The molecule has 6 heteroatoms. The first-order valence-electron chi connectivity index (χ1n) is 7.00. The van der Waals surface area contributed by atoms with Crippen molar-refractivity contribution in [3.8, 4) is 0 Å². The van der Waals surface area contributed by atoms with Gasteiger partial charge in [0.25, 0.3) is 0 Å². The maximum absolute atomic E-state index is 12.7. The van der Waals surface area contributed by atoms with Crippen molar-refractivity contribution in [3.05, 3.63) is 29.8 Å². The van der Waals surface area contributed by atoms with Crippen LogP contribution in [0.2, 0.25) is 0 Å². The van der Waals surface area contributed by atoms with Crippen LogP contribution in [0, 0.1) is 0 Å². The van der Waals surface area contributed by atoms with E-state index < -0.39 is 6.04 Å². The van der Waals surface area contributed by atoms with E-state index in [-0.39, 0.29) is 24.3 Å². The molecule has 1 aromatic carbocycles. The van der Waals surface area contributed by atoms with E-state index in [0.717, 1.165) is 5.56 Å². The number of carbonyl (C=O) groups excluding carboxylic acids is 2. The zero-order valence-electron chi connectivity index (χ0n) is 12.3. The second kappa shape index (κ2) is 6.58. The van der Waals surface area contributed by atoms with Crippen LogP contribution in [-0.2, 0) is 14.3 Å². The fourth-order valence-corrected chi connectivity index (χ4v) is 2.47. The zero-order chi connectivity index (χ0) is 15.4. The number of nitrogen functional groups attached to an aromatic ring is 1. The Kier molecular flexibility index (Phi) is 4.80. The average molecular weight is 291 g/mol. The third-order valence-electron chi connectivity index (χ3n) is 3.74. The molecule has 3 N–H and O–H groups in total. The largest absolute Gasteiger partial charge is 0.399 e. The van der Waals surface area contributed by atoms with Gasteiger partial charge in [-0.05, 0) is 24.6 Å². The number of ether oxygens (including phenoxy) is 1. The molecule has 0 saturated carbocycles. The summed E-state index contributed by atoms with van der Waals surface area (Å²) >= 11 is 0. The third-order valence-corrected chi connectivity index (χ3v) is 3.74. The first-order valence-corrected chi connectivity index (χ1v) is 7.00. The second-order valence-corrected chi connectivity index (χ2v) is 5.13. The Hall–Kier alpha value is -2.08. The van der Waals surface area contributed by atoms with Gasteiger partial charge in [0.15, 0.2) is 0 Å². The second-order valence-electron chi connectivity index (χ2n) is 5.13. The quantitative estimate of drug-likeness (QED) is 0.787. The first-order chi connectivity index (χ1) is 10.0. The molecule has 0 spiro atoms. The Labute approximate surface area is 124 Å². The number of benzene rings is 1. The first kappa shape index (κ1) is 15.3. The van der Waals surface area contributed by atoms with E-state index in [1.807, 2.05) is 19.1 Å². The predicted molar refractivity (Wildman–Crippen MR) is 79.7 cm³/mol. The fourth-order valence-electron chi connectivity index (χ4n) is 2.47. The lowest BCUT2D eigenvalue weighted by Gasteiger charge is -2.36. The van der Waals surface area contributed by atoms with E-state index in [1.165, 1.54) is 0 Å². The monoisotopic (exact) mass is 291 g/mol. The highest BCUT2D eigenvalue weighted by Gasteiger charge is 2.34. The van der Waals surface area contributed by atoms with Gasteiger partial charge in [0.2, 0.25) is 11.8 Å². The third kappa shape index (κ3) is 3.33. The summed E-state index contributed by atoms with van der Waals surface area (Å²) in [5, 5.41) is 2.57. The van der Waals surface area contributed by atoms with Crippen molar-refractivity contribution in [2.75, 3.05) is 32.5 Å². The summed E-state index contributed by atoms with van der Waals surface area (Å²) in [6.07, 6.45) is 0. The van der Waals surface area contributed by atoms with Crippen molar-refractivity contribution in [3.63, 3.8) is 0 Å². The maximum atomic E-state index is 12.7. The van der Waals surface area contributed by atoms with Gasteiger partial charge in [-0.25, -0.2) is 0 Å². The number of nitrogens with one attached hydrogen (secondary N) is 1. The van der Waals surface area contributed by atoms with E-state index in [9.17, 15) is 9.59 Å². The number of morpholine rings is 1. The van der Waals surface area contributed by atoms with E-state index in [0.29, 0.717) is 18.8 Å². The average Bonchev–Trinajstić information content (AvgIpc) is 2.52. The molecule has 1 aliphatic heterocycles. The molecule has 1 aliphatic rings. The maximum Gasteiger partial charge on any atom is 0.244 e. The van der Waals surface area contributed by atoms with Crippen LogP contribution in [0.15, 0.2) is 24.3 Å². The van der Waals surface area contributed by atoms with Gasteiger partial charge in [0, 0.05) is 19.3 Å². The number of hydrogen-bond donors (Lipinski definition) is 2. The van der Waals surface area contributed by atoms with Crippen molar-refractivity contribution in [1.29, 1.82) is 0 Å². The number of amides is 2. The van der Waals surface area contributed by atoms with Gasteiger partial charge in [0.1, 0.15) is 6.04 Å². The Morgan fingerprint density at radius 3 is 2.90 bits per heavy atom. The number of nitrogens with two attached hydrogens (primary N) is 1. The van der Waals surface area contributed by atoms with Gasteiger partial charge in [-0.15, -0.1) is 0 Å². The number of carbonyl (C=O) groups is 2. The Balaban J connectivity index is 2.18. The van der Waals surface area contributed by atoms with Crippen LogP contribution < -0.4 is 11.1 Å². The van der Waals surface area contributed by atoms with Crippen LogP contribution in [0.4, 0.5) is 5.69 Å². The highest BCUT2D eigenvalue weighted by Crippen LogP contribution is 2.22. The Bertz CT molecular complexity index is 533. The minimum Gasteiger partial charge on any atom is -0.399 e. The zero-order valence-corrected chi connectivity index (χ0v) is 12.3. The summed E-state index contributed by atoms with van der Waals surface area (Å²) in [5.74, 6) is -0.640. The fraction of sp³-hybridized carbons (Fsp3) is 0.467. The SMILES string of the molecule is CNC(=O)C1COCCN1C(=O)C(C)c1cccc(N)c1. The topological polar surface area (TPSA) is 84.7 Å². The standard InChI is InChI=1S/C15H21N3O3/c1-10(11-4-3-5-12(16)8-11)15(20)18-6-7-21-9-13(18)14(19)17-2/h3-5,8,10,13H,6-7,9,16H2,1-2H3,(H,17,19). The van der Waals surface area contributed by atoms with Crippen LogP contribution in [0.25, 0.3) is 0 Å². The minimum atomic E-state index is -0.570. The molecule has 2 unspecified atom stereocenters. The molecule has 1 fully saturated rings. The molecule has 0 radical (unpaired) electrons. The van der Waals surface area contributed by atoms with Crippen molar-refractivity contribution in [2.24, 2.45) is 0 Å². The molecular formula is C15H21N3O3. The van der Waals surface area contributed by atoms with Crippen LogP contribution in [-0.4, -0.2) is 49.6 Å². The molecular weight excluding hydrogens is 270 g/mol. The molecule has 21 heavy (non-hydrogen) atoms. The van der Waals surface area contributed by atoms with Crippen LogP contribution >= 0.6 is 0 Å². The van der Waals surface area contributed by atoms with Crippen molar-refractivity contribution in [2.45, 2.75) is 18.9 Å². The van der Waals surface area contributed by atoms with Gasteiger partial charge in [-0.1, -0.05) is 12.1 Å². The number of likely N-dealkylation sites (N-methyl/N-ethyl adjacent to an activating group) is 1. The van der Waals surface area contributed by atoms with Gasteiger partial charge in [-0.3, -0.25) is 9.59 Å². The van der Waals surface area contributed by atoms with Crippen LogP contribution in [0.1, 0.15) is 18.4 Å². The number of hydrogen-bond acceptors (Lipinski definition) is 4. The lowest BCUT2D eigenvalue weighted by molar-refractivity contribution is -0.149. The van der Waals surface area contributed by atoms with Gasteiger partial charge in [0.05, 0.1) is 19.1 Å². The van der Waals surface area contributed by atoms with Crippen molar-refractivity contribution in [1.82, 2.24) is 10.2 Å². The van der Waals surface area contributed by atoms with E-state index >= 15 is 0 Å². The molecule has 114 valence electrons. The molecule has 2 rings (SSSR count).